The molecule has 0 aromatic heterocycles. The number of carbonyl (C=O) groups excluding carboxylic acids is 4. The topological polar surface area (TPSA) is 111 Å². The first-order valence-corrected chi connectivity index (χ1v) is 10.0. The fourth-order valence-corrected chi connectivity index (χ4v) is 3.15. The molecule has 9 heteroatoms. The van der Waals surface area contributed by atoms with Gasteiger partial charge in [0.15, 0.2) is 6.61 Å². The Balaban J connectivity index is 1.85. The number of nitrogens with one attached hydrogen (secondary N) is 2. The van der Waals surface area contributed by atoms with Crippen LogP contribution < -0.4 is 10.6 Å². The van der Waals surface area contributed by atoms with Crippen molar-refractivity contribution < 1.29 is 28.7 Å². The predicted molar refractivity (Wildman–Crippen MR) is 111 cm³/mol. The highest BCUT2D eigenvalue weighted by atomic mass is 32.2. The molecule has 3 amide bonds. The monoisotopic (exact) mass is 430 g/mol. The average molecular weight is 430 g/mol. The van der Waals surface area contributed by atoms with E-state index < -0.39 is 24.4 Å². The third kappa shape index (κ3) is 7.69. The molecule has 158 valence electrons. The van der Waals surface area contributed by atoms with Crippen molar-refractivity contribution in [1.82, 2.24) is 10.6 Å². The normalized spacial score (nSPS) is 10.2. The standard InChI is InChI=1S/C21H22N2O6S/c1-28-12-11-22-19(25)14-30-17-10-6-5-9-16(17)21(27)29-13-18(24)23-20(26)15-7-3-2-4-8-15/h2-10H,11-14H2,1H3,(H,22,25)(H,23,24,26). The summed E-state index contributed by atoms with van der Waals surface area (Å²) in [5.41, 5.74) is 0.553. The summed E-state index contributed by atoms with van der Waals surface area (Å²) in [6, 6.07) is 14.8. The van der Waals surface area contributed by atoms with E-state index in [1.807, 2.05) is 0 Å². The van der Waals surface area contributed by atoms with Crippen molar-refractivity contribution in [2.75, 3.05) is 32.6 Å². The largest absolute Gasteiger partial charge is 0.452 e. The summed E-state index contributed by atoms with van der Waals surface area (Å²) in [5.74, 6) is -2.12. The second-order valence-corrected chi connectivity index (χ2v) is 6.96. The van der Waals surface area contributed by atoms with E-state index in [4.69, 9.17) is 9.47 Å². The van der Waals surface area contributed by atoms with Crippen molar-refractivity contribution in [3.05, 3.63) is 65.7 Å². The smallest absolute Gasteiger partial charge is 0.339 e. The molecule has 8 nitrogen and oxygen atoms in total. The predicted octanol–water partition coefficient (Wildman–Crippen LogP) is 1.65. The molecule has 2 N–H and O–H groups in total. The number of hydrogen-bond acceptors (Lipinski definition) is 7. The maximum absolute atomic E-state index is 12.4. The molecule has 0 radical (unpaired) electrons. The number of hydrogen-bond donors (Lipinski definition) is 2. The Hall–Kier alpha value is -3.17. The van der Waals surface area contributed by atoms with Crippen LogP contribution in [0.4, 0.5) is 0 Å². The number of thioether (sulfide) groups is 1. The number of amides is 3. The van der Waals surface area contributed by atoms with Crippen LogP contribution in [0.25, 0.3) is 0 Å². The van der Waals surface area contributed by atoms with Crippen LogP contribution in [0.5, 0.6) is 0 Å². The molecule has 2 aromatic rings. The number of benzene rings is 2. The van der Waals surface area contributed by atoms with E-state index in [-0.39, 0.29) is 17.2 Å². The fraction of sp³-hybridized carbons (Fsp3) is 0.238. The third-order valence-corrected chi connectivity index (χ3v) is 4.79. The molecule has 30 heavy (non-hydrogen) atoms. The van der Waals surface area contributed by atoms with Crippen molar-refractivity contribution in [2.24, 2.45) is 0 Å². The van der Waals surface area contributed by atoms with Crippen LogP contribution in [0.2, 0.25) is 0 Å². The van der Waals surface area contributed by atoms with Gasteiger partial charge in [-0.2, -0.15) is 0 Å². The lowest BCUT2D eigenvalue weighted by molar-refractivity contribution is -0.123. The van der Waals surface area contributed by atoms with Gasteiger partial charge in [-0.05, 0) is 24.3 Å². The van der Waals surface area contributed by atoms with Gasteiger partial charge >= 0.3 is 5.97 Å². The molecule has 0 saturated carbocycles. The first kappa shape index (κ1) is 23.1. The first-order valence-electron chi connectivity index (χ1n) is 9.05. The van der Waals surface area contributed by atoms with Gasteiger partial charge in [0, 0.05) is 24.1 Å². The third-order valence-electron chi connectivity index (χ3n) is 3.72. The van der Waals surface area contributed by atoms with E-state index in [0.717, 1.165) is 0 Å². The van der Waals surface area contributed by atoms with Gasteiger partial charge in [0.1, 0.15) is 0 Å². The molecule has 0 heterocycles. The first-order chi connectivity index (χ1) is 14.5. The Morgan fingerprint density at radius 1 is 0.933 bits per heavy atom. The highest BCUT2D eigenvalue weighted by Crippen LogP contribution is 2.23. The molecule has 0 atom stereocenters. The van der Waals surface area contributed by atoms with Crippen molar-refractivity contribution in [3.8, 4) is 0 Å². The Bertz CT molecular complexity index is 888. The van der Waals surface area contributed by atoms with Crippen LogP contribution in [0.1, 0.15) is 20.7 Å². The van der Waals surface area contributed by atoms with E-state index in [1.54, 1.807) is 61.7 Å². The van der Waals surface area contributed by atoms with Gasteiger partial charge < -0.3 is 14.8 Å². The molecule has 0 aliphatic rings. The van der Waals surface area contributed by atoms with Gasteiger partial charge in [0.05, 0.1) is 17.9 Å². The second-order valence-electron chi connectivity index (χ2n) is 5.95. The van der Waals surface area contributed by atoms with E-state index in [9.17, 15) is 19.2 Å². The molecule has 2 rings (SSSR count). The maximum atomic E-state index is 12.4. The molecule has 0 bridgehead atoms. The molecule has 0 aliphatic heterocycles. The lowest BCUT2D eigenvalue weighted by atomic mass is 10.2. The minimum atomic E-state index is -0.736. The van der Waals surface area contributed by atoms with Crippen molar-refractivity contribution in [1.29, 1.82) is 0 Å². The molecule has 0 fully saturated rings. The lowest BCUT2D eigenvalue weighted by Crippen LogP contribution is -2.34. The minimum absolute atomic E-state index is 0.111. The average Bonchev–Trinajstić information content (AvgIpc) is 2.77. The van der Waals surface area contributed by atoms with Crippen molar-refractivity contribution >= 4 is 35.5 Å². The van der Waals surface area contributed by atoms with Crippen LogP contribution in [0.3, 0.4) is 0 Å². The Morgan fingerprint density at radius 3 is 2.37 bits per heavy atom. The van der Waals surface area contributed by atoms with Crippen LogP contribution in [0.15, 0.2) is 59.5 Å². The number of rotatable bonds is 10. The summed E-state index contributed by atoms with van der Waals surface area (Å²) in [4.78, 5) is 48.6. The summed E-state index contributed by atoms with van der Waals surface area (Å²) < 4.78 is 9.88. The molecule has 0 spiro atoms. The van der Waals surface area contributed by atoms with E-state index >= 15 is 0 Å². The van der Waals surface area contributed by atoms with E-state index in [1.165, 1.54) is 11.8 Å². The zero-order chi connectivity index (χ0) is 21.8. The summed E-state index contributed by atoms with van der Waals surface area (Å²) in [5, 5.41) is 4.85. The minimum Gasteiger partial charge on any atom is -0.452 e. The number of methoxy groups -OCH3 is 1. The summed E-state index contributed by atoms with van der Waals surface area (Å²) in [7, 11) is 1.54. The van der Waals surface area contributed by atoms with Gasteiger partial charge in [-0.3, -0.25) is 19.7 Å². The number of imide groups is 1. The van der Waals surface area contributed by atoms with Crippen LogP contribution in [-0.2, 0) is 19.1 Å². The molecule has 0 unspecified atom stereocenters. The van der Waals surface area contributed by atoms with Crippen LogP contribution in [0, 0.1) is 0 Å². The molecule has 0 aliphatic carbocycles. The fourth-order valence-electron chi connectivity index (χ4n) is 2.28. The highest BCUT2D eigenvalue weighted by molar-refractivity contribution is 8.00. The zero-order valence-electron chi connectivity index (χ0n) is 16.4. The quantitative estimate of drug-likeness (QED) is 0.335. The Kier molecular flexibility index (Phi) is 9.56. The van der Waals surface area contributed by atoms with Gasteiger partial charge in [-0.25, -0.2) is 4.79 Å². The highest BCUT2D eigenvalue weighted by Gasteiger charge is 2.17. The van der Waals surface area contributed by atoms with Gasteiger partial charge in [0.25, 0.3) is 11.8 Å². The lowest BCUT2D eigenvalue weighted by Gasteiger charge is -2.10. The SMILES string of the molecule is COCCNC(=O)CSc1ccccc1C(=O)OCC(=O)NC(=O)c1ccccc1. The number of esters is 1. The van der Waals surface area contributed by atoms with E-state index in [2.05, 4.69) is 10.6 Å². The molecular weight excluding hydrogens is 408 g/mol. The molecular formula is C21H22N2O6S. The Labute approximate surface area is 178 Å². The summed E-state index contributed by atoms with van der Waals surface area (Å²) >= 11 is 1.18. The summed E-state index contributed by atoms with van der Waals surface area (Å²) in [6.45, 7) is 0.207. The second kappa shape index (κ2) is 12.4. The van der Waals surface area contributed by atoms with Crippen molar-refractivity contribution in [2.45, 2.75) is 4.90 Å². The van der Waals surface area contributed by atoms with E-state index in [0.29, 0.717) is 23.6 Å². The number of ether oxygens (including phenoxy) is 2. The van der Waals surface area contributed by atoms with Crippen LogP contribution in [-0.4, -0.2) is 56.3 Å². The van der Waals surface area contributed by atoms with Gasteiger partial charge in [-0.1, -0.05) is 30.3 Å². The zero-order valence-corrected chi connectivity index (χ0v) is 17.2. The Morgan fingerprint density at radius 2 is 1.63 bits per heavy atom. The molecule has 0 saturated heterocycles. The summed E-state index contributed by atoms with van der Waals surface area (Å²) in [6.07, 6.45) is 0. The maximum Gasteiger partial charge on any atom is 0.339 e. The van der Waals surface area contributed by atoms with Crippen LogP contribution >= 0.6 is 11.8 Å². The van der Waals surface area contributed by atoms with Gasteiger partial charge in [-0.15, -0.1) is 11.8 Å². The van der Waals surface area contributed by atoms with Gasteiger partial charge in [0.2, 0.25) is 5.91 Å². The number of carbonyl (C=O) groups is 4. The van der Waals surface area contributed by atoms with Crippen molar-refractivity contribution in [3.63, 3.8) is 0 Å². The molecule has 2 aromatic carbocycles.